The Hall–Kier alpha value is -3.29. The zero-order valence-corrected chi connectivity index (χ0v) is 11.3. The number of non-ortho nitro benzene ring substituents is 2. The first-order valence-electron chi connectivity index (χ1n) is 6.26. The first kappa shape index (κ1) is 13.7. The molecule has 3 aromatic rings. The molecule has 1 heterocycles. The van der Waals surface area contributed by atoms with Crippen molar-refractivity contribution < 1.29 is 9.85 Å². The van der Waals surface area contributed by atoms with Gasteiger partial charge in [-0.3, -0.25) is 25.0 Å². The van der Waals surface area contributed by atoms with Crippen LogP contribution in [0.1, 0.15) is 0 Å². The van der Waals surface area contributed by atoms with Gasteiger partial charge in [-0.2, -0.15) is 0 Å². The highest BCUT2D eigenvalue weighted by Crippen LogP contribution is 2.33. The highest BCUT2D eigenvalue weighted by atomic mass is 16.6. The predicted octanol–water partition coefficient (Wildman–Crippen LogP) is 2.51. The minimum absolute atomic E-state index is 0.0688. The molecule has 0 atom stereocenters. The quantitative estimate of drug-likeness (QED) is 0.410. The summed E-state index contributed by atoms with van der Waals surface area (Å²) in [6.07, 6.45) is 0. The number of nitro groups is 2. The lowest BCUT2D eigenvalue weighted by atomic mass is 10.0. The van der Waals surface area contributed by atoms with Crippen LogP contribution >= 0.6 is 0 Å². The largest absolute Gasteiger partial charge is 0.305 e. The third-order valence-electron chi connectivity index (χ3n) is 3.57. The van der Waals surface area contributed by atoms with E-state index in [1.807, 2.05) is 0 Å². The van der Waals surface area contributed by atoms with Crippen molar-refractivity contribution in [3.8, 4) is 0 Å². The summed E-state index contributed by atoms with van der Waals surface area (Å²) >= 11 is 0. The number of hydrogen-bond donors (Lipinski definition) is 0. The molecule has 0 aliphatic rings. The molecule has 0 saturated heterocycles. The molecule has 0 fully saturated rings. The van der Waals surface area contributed by atoms with Crippen LogP contribution in [0.2, 0.25) is 0 Å². The van der Waals surface area contributed by atoms with E-state index < -0.39 is 15.5 Å². The van der Waals surface area contributed by atoms with Crippen LogP contribution < -0.4 is 5.56 Å². The Morgan fingerprint density at radius 2 is 1.59 bits per heavy atom. The molecule has 0 amide bonds. The number of fused-ring (bicyclic) bond motifs is 3. The van der Waals surface area contributed by atoms with Crippen molar-refractivity contribution in [1.82, 2.24) is 4.57 Å². The van der Waals surface area contributed by atoms with Crippen molar-refractivity contribution in [2.24, 2.45) is 7.05 Å². The number of nitrogens with zero attached hydrogens (tertiary/aromatic N) is 3. The predicted molar refractivity (Wildman–Crippen MR) is 80.0 cm³/mol. The molecule has 0 unspecified atom stereocenters. The lowest BCUT2D eigenvalue weighted by Crippen LogP contribution is -2.18. The lowest BCUT2D eigenvalue weighted by molar-refractivity contribution is -0.393. The topological polar surface area (TPSA) is 108 Å². The molecule has 0 N–H and O–H groups in total. The fraction of sp³-hybridized carbons (Fsp3) is 0.0714. The Morgan fingerprint density at radius 1 is 0.955 bits per heavy atom. The second-order valence-electron chi connectivity index (χ2n) is 4.79. The van der Waals surface area contributed by atoms with Gasteiger partial charge in [0.15, 0.2) is 0 Å². The average Bonchev–Trinajstić information content (AvgIpc) is 2.51. The maximum Gasteiger partial charge on any atom is 0.300 e. The van der Waals surface area contributed by atoms with Crippen molar-refractivity contribution in [3.05, 3.63) is 67.0 Å². The van der Waals surface area contributed by atoms with Gasteiger partial charge < -0.3 is 4.57 Å². The monoisotopic (exact) mass is 299 g/mol. The molecule has 0 radical (unpaired) electrons. The minimum Gasteiger partial charge on any atom is -0.305 e. The summed E-state index contributed by atoms with van der Waals surface area (Å²) in [7, 11) is 1.41. The fourth-order valence-electron chi connectivity index (χ4n) is 2.59. The lowest BCUT2D eigenvalue weighted by Gasteiger charge is -2.09. The number of benzene rings is 2. The molecule has 0 bridgehead atoms. The molecule has 1 aromatic heterocycles. The van der Waals surface area contributed by atoms with Gasteiger partial charge in [0.2, 0.25) is 0 Å². The van der Waals surface area contributed by atoms with E-state index in [-0.39, 0.29) is 16.8 Å². The SMILES string of the molecule is Cn1c(=O)c2ccccc2c2cc([N+](=O)[O-])cc([N+](=O)[O-])c21. The van der Waals surface area contributed by atoms with Crippen LogP contribution in [0.25, 0.3) is 21.7 Å². The van der Waals surface area contributed by atoms with E-state index >= 15 is 0 Å². The molecule has 0 aliphatic carbocycles. The summed E-state index contributed by atoms with van der Waals surface area (Å²) < 4.78 is 1.15. The fourth-order valence-corrected chi connectivity index (χ4v) is 2.59. The number of hydrogen-bond acceptors (Lipinski definition) is 5. The highest BCUT2D eigenvalue weighted by molar-refractivity contribution is 6.09. The minimum atomic E-state index is -0.719. The van der Waals surface area contributed by atoms with E-state index in [0.29, 0.717) is 16.2 Å². The number of rotatable bonds is 2. The summed E-state index contributed by atoms with van der Waals surface area (Å²) in [6.45, 7) is 0. The van der Waals surface area contributed by atoms with Crippen LogP contribution in [0.3, 0.4) is 0 Å². The molecule has 0 spiro atoms. The van der Waals surface area contributed by atoms with Crippen LogP contribution in [0, 0.1) is 20.2 Å². The van der Waals surface area contributed by atoms with E-state index in [4.69, 9.17) is 0 Å². The summed E-state index contributed by atoms with van der Waals surface area (Å²) in [5.74, 6) is 0. The van der Waals surface area contributed by atoms with Crippen LogP contribution in [0.4, 0.5) is 11.4 Å². The van der Waals surface area contributed by atoms with Crippen LogP contribution in [0.15, 0.2) is 41.2 Å². The average molecular weight is 299 g/mol. The molecule has 110 valence electrons. The Balaban J connectivity index is 2.69. The second-order valence-corrected chi connectivity index (χ2v) is 4.79. The molecule has 2 aromatic carbocycles. The van der Waals surface area contributed by atoms with Gasteiger partial charge in [-0.15, -0.1) is 0 Å². The van der Waals surface area contributed by atoms with E-state index in [1.54, 1.807) is 24.3 Å². The second kappa shape index (κ2) is 4.62. The summed E-state index contributed by atoms with van der Waals surface area (Å²) in [5.41, 5.74) is -1.17. The normalized spacial score (nSPS) is 11.0. The Morgan fingerprint density at radius 3 is 2.18 bits per heavy atom. The van der Waals surface area contributed by atoms with Crippen molar-refractivity contribution >= 4 is 33.1 Å². The van der Waals surface area contributed by atoms with Gasteiger partial charge in [0.25, 0.3) is 16.9 Å². The zero-order chi connectivity index (χ0) is 16.0. The number of aryl methyl sites for hydroxylation is 1. The van der Waals surface area contributed by atoms with Gasteiger partial charge in [0.1, 0.15) is 5.52 Å². The molecule has 3 rings (SSSR count). The Kier molecular flexibility index (Phi) is 2.87. The maximum absolute atomic E-state index is 12.3. The van der Waals surface area contributed by atoms with Gasteiger partial charge >= 0.3 is 0 Å². The van der Waals surface area contributed by atoms with Gasteiger partial charge in [0.05, 0.1) is 15.9 Å². The van der Waals surface area contributed by atoms with Gasteiger partial charge in [-0.1, -0.05) is 18.2 Å². The molecule has 22 heavy (non-hydrogen) atoms. The number of pyridine rings is 1. The van der Waals surface area contributed by atoms with Crippen LogP contribution in [-0.2, 0) is 7.05 Å². The van der Waals surface area contributed by atoms with E-state index in [0.717, 1.165) is 10.6 Å². The van der Waals surface area contributed by atoms with E-state index in [1.165, 1.54) is 13.1 Å². The highest BCUT2D eigenvalue weighted by Gasteiger charge is 2.23. The summed E-state index contributed by atoms with van der Waals surface area (Å²) in [4.78, 5) is 33.2. The third kappa shape index (κ3) is 1.81. The molecular formula is C14H9N3O5. The van der Waals surface area contributed by atoms with Gasteiger partial charge in [-0.25, -0.2) is 0 Å². The van der Waals surface area contributed by atoms with E-state index in [9.17, 15) is 25.0 Å². The van der Waals surface area contributed by atoms with Gasteiger partial charge in [-0.05, 0) is 11.5 Å². The molecular weight excluding hydrogens is 290 g/mol. The first-order chi connectivity index (χ1) is 10.4. The molecule has 8 heteroatoms. The molecule has 0 saturated carbocycles. The number of nitro benzene ring substituents is 2. The number of aromatic nitrogens is 1. The summed E-state index contributed by atoms with van der Waals surface area (Å²) in [6, 6.07) is 8.67. The standard InChI is InChI=1S/C14H9N3O5/c1-15-13-11(9-4-2-3-5-10(9)14(15)18)6-8(16(19)20)7-12(13)17(21)22/h2-7H,1H3. The zero-order valence-electron chi connectivity index (χ0n) is 11.3. The van der Waals surface area contributed by atoms with Crippen molar-refractivity contribution in [3.63, 3.8) is 0 Å². The van der Waals surface area contributed by atoms with Gasteiger partial charge in [0, 0.05) is 23.9 Å². The smallest absolute Gasteiger partial charge is 0.300 e. The van der Waals surface area contributed by atoms with Crippen molar-refractivity contribution in [2.75, 3.05) is 0 Å². The van der Waals surface area contributed by atoms with Crippen molar-refractivity contribution in [2.45, 2.75) is 0 Å². The Labute approximate surface area is 122 Å². The molecule has 0 aliphatic heterocycles. The Bertz CT molecular complexity index is 1020. The summed E-state index contributed by atoms with van der Waals surface area (Å²) in [5, 5.41) is 23.4. The van der Waals surface area contributed by atoms with E-state index in [2.05, 4.69) is 0 Å². The van der Waals surface area contributed by atoms with Crippen LogP contribution in [0.5, 0.6) is 0 Å². The third-order valence-corrected chi connectivity index (χ3v) is 3.57. The first-order valence-corrected chi connectivity index (χ1v) is 6.26. The maximum atomic E-state index is 12.3. The van der Waals surface area contributed by atoms with Crippen molar-refractivity contribution in [1.29, 1.82) is 0 Å². The van der Waals surface area contributed by atoms with Crippen LogP contribution in [-0.4, -0.2) is 14.4 Å². The molecule has 8 nitrogen and oxygen atoms in total.